The van der Waals surface area contributed by atoms with Gasteiger partial charge in [0.1, 0.15) is 5.60 Å². The summed E-state index contributed by atoms with van der Waals surface area (Å²) in [5, 5.41) is 9.87. The zero-order valence-corrected chi connectivity index (χ0v) is 7.69. The number of hydrazine groups is 1. The average molecular weight is 199 g/mol. The minimum atomic E-state index is -0.831. The molecule has 0 radical (unpaired) electrons. The lowest BCUT2D eigenvalue weighted by molar-refractivity contribution is -0.165. The lowest BCUT2D eigenvalue weighted by Gasteiger charge is -2.46. The number of nitrogens with zero attached hydrogens (tertiary/aromatic N) is 1. The van der Waals surface area contributed by atoms with E-state index in [1.54, 1.807) is 5.43 Å². The number of hydrogen-bond acceptors (Lipinski definition) is 4. The van der Waals surface area contributed by atoms with Crippen molar-refractivity contribution in [1.29, 1.82) is 0 Å². The van der Waals surface area contributed by atoms with E-state index < -0.39 is 17.4 Å². The third-order valence-electron chi connectivity index (χ3n) is 2.88. The van der Waals surface area contributed by atoms with Crippen molar-refractivity contribution in [3.8, 4) is 0 Å². The molecule has 2 fully saturated rings. The van der Waals surface area contributed by atoms with Crippen LogP contribution < -0.4 is 11.3 Å². The Morgan fingerprint density at radius 1 is 1.43 bits per heavy atom. The van der Waals surface area contributed by atoms with Gasteiger partial charge in [0.05, 0.1) is 13.1 Å². The molecule has 1 aliphatic heterocycles. The van der Waals surface area contributed by atoms with Gasteiger partial charge in [-0.05, 0) is 18.8 Å². The van der Waals surface area contributed by atoms with E-state index in [4.69, 9.17) is 5.84 Å². The molecule has 4 N–H and O–H groups in total. The Kier molecular flexibility index (Phi) is 1.97. The number of carbonyl (C=O) groups excluding carboxylic acids is 2. The molecule has 1 aliphatic carbocycles. The fourth-order valence-electron chi connectivity index (χ4n) is 1.84. The summed E-state index contributed by atoms with van der Waals surface area (Å²) in [5.41, 5.74) is 1.03. The molecule has 0 aromatic carbocycles. The van der Waals surface area contributed by atoms with Gasteiger partial charge in [0.15, 0.2) is 0 Å². The molecule has 2 rings (SSSR count). The van der Waals surface area contributed by atoms with Gasteiger partial charge in [-0.25, -0.2) is 5.84 Å². The van der Waals surface area contributed by atoms with Crippen LogP contribution in [-0.4, -0.2) is 40.5 Å². The van der Waals surface area contributed by atoms with Gasteiger partial charge in [0.25, 0.3) is 0 Å². The van der Waals surface area contributed by atoms with Gasteiger partial charge >= 0.3 is 11.8 Å². The lowest BCUT2D eigenvalue weighted by atomic mass is 9.88. The van der Waals surface area contributed by atoms with Crippen LogP contribution in [0.2, 0.25) is 0 Å². The third kappa shape index (κ3) is 1.36. The second-order valence-electron chi connectivity index (χ2n) is 4.01. The second kappa shape index (κ2) is 2.93. The highest BCUT2D eigenvalue weighted by molar-refractivity contribution is 6.35. The van der Waals surface area contributed by atoms with Gasteiger partial charge in [0, 0.05) is 0 Å². The summed E-state index contributed by atoms with van der Waals surface area (Å²) in [7, 11) is 0. The maximum atomic E-state index is 11.2. The smallest absolute Gasteiger partial charge is 0.323 e. The molecule has 78 valence electrons. The predicted octanol–water partition coefficient (Wildman–Crippen LogP) is -2.04. The first-order valence-electron chi connectivity index (χ1n) is 4.59. The molecule has 0 unspecified atom stereocenters. The van der Waals surface area contributed by atoms with Crippen LogP contribution in [0.25, 0.3) is 0 Å². The van der Waals surface area contributed by atoms with Crippen molar-refractivity contribution < 1.29 is 14.7 Å². The maximum Gasteiger partial charge on any atom is 0.323 e. The number of hydrogen-bond donors (Lipinski definition) is 3. The van der Waals surface area contributed by atoms with Crippen LogP contribution >= 0.6 is 0 Å². The van der Waals surface area contributed by atoms with Crippen molar-refractivity contribution in [2.45, 2.75) is 18.4 Å². The predicted molar refractivity (Wildman–Crippen MR) is 46.6 cm³/mol. The minimum absolute atomic E-state index is 0.254. The highest BCUT2D eigenvalue weighted by Crippen LogP contribution is 2.44. The molecule has 2 aliphatic rings. The molecule has 14 heavy (non-hydrogen) atoms. The molecular weight excluding hydrogens is 186 g/mol. The molecule has 0 bridgehead atoms. The summed E-state index contributed by atoms with van der Waals surface area (Å²) in [4.78, 5) is 23.3. The monoisotopic (exact) mass is 199 g/mol. The first-order valence-corrected chi connectivity index (χ1v) is 4.59. The molecule has 6 nitrogen and oxygen atoms in total. The quantitative estimate of drug-likeness (QED) is 0.196. The molecule has 0 spiro atoms. The van der Waals surface area contributed by atoms with E-state index >= 15 is 0 Å². The van der Waals surface area contributed by atoms with Crippen LogP contribution in [0.15, 0.2) is 0 Å². The van der Waals surface area contributed by atoms with Crippen molar-refractivity contribution >= 4 is 11.8 Å². The van der Waals surface area contributed by atoms with Crippen LogP contribution in [-0.2, 0) is 9.59 Å². The molecule has 6 heteroatoms. The molecule has 2 amide bonds. The number of nitrogens with one attached hydrogen (secondary N) is 1. The highest BCUT2D eigenvalue weighted by atomic mass is 16.3. The van der Waals surface area contributed by atoms with Gasteiger partial charge in [-0.2, -0.15) is 0 Å². The Labute approximate surface area is 81.0 Å². The fourth-order valence-corrected chi connectivity index (χ4v) is 1.84. The maximum absolute atomic E-state index is 11.2. The van der Waals surface area contributed by atoms with Gasteiger partial charge < -0.3 is 10.0 Å². The Bertz CT molecular complexity index is 282. The van der Waals surface area contributed by atoms with Gasteiger partial charge in [0.2, 0.25) is 0 Å². The Morgan fingerprint density at radius 3 is 2.43 bits per heavy atom. The third-order valence-corrected chi connectivity index (χ3v) is 2.88. The number of β-amino-alcohol motifs (C(OH)–C–C–N with tert-alkyl or cyclic N) is 1. The topological polar surface area (TPSA) is 95.7 Å². The molecule has 1 saturated carbocycles. The van der Waals surface area contributed by atoms with Gasteiger partial charge in [-0.15, -0.1) is 0 Å². The van der Waals surface area contributed by atoms with Crippen LogP contribution in [0, 0.1) is 5.92 Å². The Morgan fingerprint density at radius 2 is 2.00 bits per heavy atom. The van der Waals surface area contributed by atoms with E-state index in [1.807, 2.05) is 0 Å². The summed E-state index contributed by atoms with van der Waals surface area (Å²) in [5.74, 6) is 3.63. The molecule has 1 heterocycles. The number of aliphatic hydroxyl groups is 1. The fraction of sp³-hybridized carbons (Fsp3) is 0.750. The van der Waals surface area contributed by atoms with Crippen molar-refractivity contribution in [1.82, 2.24) is 10.3 Å². The summed E-state index contributed by atoms with van der Waals surface area (Å²) in [6.07, 6.45) is 2.03. The number of likely N-dealkylation sites (tertiary alicyclic amines) is 1. The summed E-state index contributed by atoms with van der Waals surface area (Å²) in [6, 6.07) is 0. The van der Waals surface area contributed by atoms with Crippen LogP contribution in [0.5, 0.6) is 0 Å². The normalized spacial score (nSPS) is 24.0. The van der Waals surface area contributed by atoms with E-state index in [9.17, 15) is 14.7 Å². The summed E-state index contributed by atoms with van der Waals surface area (Å²) in [6.45, 7) is 0.508. The van der Waals surface area contributed by atoms with E-state index in [2.05, 4.69) is 0 Å². The van der Waals surface area contributed by atoms with E-state index in [0.717, 1.165) is 12.8 Å². The minimum Gasteiger partial charge on any atom is -0.386 e. The zero-order valence-electron chi connectivity index (χ0n) is 7.69. The largest absolute Gasteiger partial charge is 0.386 e. The molecule has 1 saturated heterocycles. The second-order valence-corrected chi connectivity index (χ2v) is 4.01. The van der Waals surface area contributed by atoms with E-state index in [0.29, 0.717) is 5.92 Å². The summed E-state index contributed by atoms with van der Waals surface area (Å²) < 4.78 is 0. The Balaban J connectivity index is 1.87. The zero-order chi connectivity index (χ0) is 10.3. The highest BCUT2D eigenvalue weighted by Gasteiger charge is 2.53. The van der Waals surface area contributed by atoms with Crippen LogP contribution in [0.1, 0.15) is 12.8 Å². The molecule has 0 atom stereocenters. The van der Waals surface area contributed by atoms with E-state index in [-0.39, 0.29) is 13.1 Å². The molecular formula is C8H13N3O3. The first kappa shape index (κ1) is 9.42. The standard InChI is InChI=1S/C8H13N3O3/c9-10-6(12)7(13)11-3-8(14,4-11)5-1-2-5/h5,14H,1-4,9H2,(H,10,12). The molecule has 0 aromatic heterocycles. The average Bonchev–Trinajstić information content (AvgIpc) is 2.93. The lowest BCUT2D eigenvalue weighted by Crippen LogP contribution is -2.66. The van der Waals surface area contributed by atoms with Gasteiger partial charge in [-0.3, -0.25) is 15.0 Å². The number of rotatable bonds is 1. The van der Waals surface area contributed by atoms with Gasteiger partial charge in [-0.1, -0.05) is 0 Å². The van der Waals surface area contributed by atoms with Crippen molar-refractivity contribution in [2.75, 3.05) is 13.1 Å². The summed E-state index contributed by atoms with van der Waals surface area (Å²) >= 11 is 0. The van der Waals surface area contributed by atoms with Crippen molar-refractivity contribution in [3.05, 3.63) is 0 Å². The molecule has 0 aromatic rings. The van der Waals surface area contributed by atoms with Crippen LogP contribution in [0.4, 0.5) is 0 Å². The van der Waals surface area contributed by atoms with Crippen molar-refractivity contribution in [2.24, 2.45) is 11.8 Å². The van der Waals surface area contributed by atoms with E-state index in [1.165, 1.54) is 4.90 Å². The Hall–Kier alpha value is -1.14. The SMILES string of the molecule is NNC(=O)C(=O)N1CC(O)(C2CC2)C1. The van der Waals surface area contributed by atoms with Crippen LogP contribution in [0.3, 0.4) is 0 Å². The number of carbonyl (C=O) groups is 2. The van der Waals surface area contributed by atoms with Crippen molar-refractivity contribution in [3.63, 3.8) is 0 Å². The number of nitrogens with two attached hydrogens (primary N) is 1. The first-order chi connectivity index (χ1) is 6.57. The number of amides is 2.